The predicted octanol–water partition coefficient (Wildman–Crippen LogP) is 0.861. The van der Waals surface area contributed by atoms with Crippen molar-refractivity contribution in [2.75, 3.05) is 13.1 Å². The van der Waals surface area contributed by atoms with Crippen molar-refractivity contribution in [3.05, 3.63) is 29.8 Å². The van der Waals surface area contributed by atoms with Gasteiger partial charge < -0.3 is 9.90 Å². The summed E-state index contributed by atoms with van der Waals surface area (Å²) in [6, 6.07) is 5.09. The van der Waals surface area contributed by atoms with Gasteiger partial charge in [-0.3, -0.25) is 0 Å². The van der Waals surface area contributed by atoms with E-state index in [4.69, 9.17) is 0 Å². The minimum atomic E-state index is -3.55. The molecule has 0 saturated carbocycles. The van der Waals surface area contributed by atoms with Gasteiger partial charge in [0.05, 0.1) is 10.9 Å². The molecule has 0 atom stereocenters. The van der Waals surface area contributed by atoms with Crippen LogP contribution in [0, 0.1) is 0 Å². The summed E-state index contributed by atoms with van der Waals surface area (Å²) in [5, 5.41) is 10.6. The van der Waals surface area contributed by atoms with Crippen molar-refractivity contribution in [1.82, 2.24) is 4.31 Å². The summed E-state index contributed by atoms with van der Waals surface area (Å²) in [5.74, 6) is -1.32. The van der Waals surface area contributed by atoms with Gasteiger partial charge in [0.15, 0.2) is 0 Å². The summed E-state index contributed by atoms with van der Waals surface area (Å²) in [7, 11) is -3.55. The summed E-state index contributed by atoms with van der Waals surface area (Å²) in [5.41, 5.74) is -0.0319. The van der Waals surface area contributed by atoms with Gasteiger partial charge in [0.1, 0.15) is 0 Å². The topological polar surface area (TPSA) is 77.5 Å². The Bertz CT molecular complexity index is 522. The zero-order valence-corrected chi connectivity index (χ0v) is 11.9. The summed E-state index contributed by atoms with van der Waals surface area (Å²) in [6.45, 7) is 4.64. The van der Waals surface area contributed by atoms with Gasteiger partial charge in [-0.1, -0.05) is 32.4 Å². The van der Waals surface area contributed by atoms with Crippen molar-refractivity contribution in [1.29, 1.82) is 0 Å². The second-order valence-electron chi connectivity index (χ2n) is 4.16. The molecule has 0 aliphatic carbocycles. The second kappa shape index (κ2) is 6.68. The summed E-state index contributed by atoms with van der Waals surface area (Å²) in [4.78, 5) is 10.7. The van der Waals surface area contributed by atoms with Crippen LogP contribution in [0.25, 0.3) is 0 Å². The van der Waals surface area contributed by atoms with E-state index in [2.05, 4.69) is 0 Å². The van der Waals surface area contributed by atoms with Crippen LogP contribution in [-0.4, -0.2) is 31.8 Å². The zero-order chi connectivity index (χ0) is 14.5. The number of aromatic carboxylic acids is 1. The van der Waals surface area contributed by atoms with Crippen LogP contribution in [0.4, 0.5) is 0 Å². The van der Waals surface area contributed by atoms with E-state index in [-0.39, 0.29) is 10.5 Å². The number of sulfonamides is 1. The Morgan fingerprint density at radius 2 is 1.79 bits per heavy atom. The van der Waals surface area contributed by atoms with E-state index in [9.17, 15) is 18.3 Å². The SMILES string of the molecule is CCCCN(CC)S(=O)(=O)c1ccc(C(=O)[O-])cc1. The van der Waals surface area contributed by atoms with E-state index in [0.29, 0.717) is 13.1 Å². The van der Waals surface area contributed by atoms with E-state index in [1.165, 1.54) is 28.6 Å². The first-order chi connectivity index (χ1) is 8.93. The molecule has 0 bridgehead atoms. The van der Waals surface area contributed by atoms with E-state index in [0.717, 1.165) is 12.8 Å². The Kier molecular flexibility index (Phi) is 5.50. The van der Waals surface area contributed by atoms with Gasteiger partial charge >= 0.3 is 0 Å². The fraction of sp³-hybridized carbons (Fsp3) is 0.462. The number of hydrogen-bond donors (Lipinski definition) is 0. The third-order valence-corrected chi connectivity index (χ3v) is 4.83. The summed E-state index contributed by atoms with van der Waals surface area (Å²) in [6.07, 6.45) is 1.71. The van der Waals surface area contributed by atoms with Crippen LogP contribution in [-0.2, 0) is 10.0 Å². The molecule has 106 valence electrons. The Morgan fingerprint density at radius 1 is 1.21 bits per heavy atom. The molecule has 0 amide bonds. The molecular weight excluding hydrogens is 266 g/mol. The van der Waals surface area contributed by atoms with Crippen molar-refractivity contribution < 1.29 is 18.3 Å². The lowest BCUT2D eigenvalue weighted by Gasteiger charge is -2.20. The minimum Gasteiger partial charge on any atom is -0.545 e. The Labute approximate surface area is 113 Å². The van der Waals surface area contributed by atoms with Crippen LogP contribution in [0.3, 0.4) is 0 Å². The first-order valence-corrected chi connectivity index (χ1v) is 7.69. The number of benzene rings is 1. The molecule has 0 aliphatic heterocycles. The van der Waals surface area contributed by atoms with E-state index in [1.807, 2.05) is 6.92 Å². The molecule has 0 N–H and O–H groups in total. The average Bonchev–Trinajstić information content (AvgIpc) is 2.39. The highest BCUT2D eigenvalue weighted by atomic mass is 32.2. The normalized spacial score (nSPS) is 11.7. The van der Waals surface area contributed by atoms with Crippen LogP contribution in [0.2, 0.25) is 0 Å². The van der Waals surface area contributed by atoms with E-state index in [1.54, 1.807) is 6.92 Å². The molecule has 0 unspecified atom stereocenters. The molecule has 0 heterocycles. The minimum absolute atomic E-state index is 0.0319. The summed E-state index contributed by atoms with van der Waals surface area (Å²) < 4.78 is 26.0. The number of rotatable bonds is 7. The molecule has 5 nitrogen and oxygen atoms in total. The molecule has 0 fully saturated rings. The van der Waals surface area contributed by atoms with E-state index < -0.39 is 16.0 Å². The molecule has 1 rings (SSSR count). The smallest absolute Gasteiger partial charge is 0.243 e. The number of carboxylic acid groups (broad SMARTS) is 1. The van der Waals surface area contributed by atoms with Crippen molar-refractivity contribution >= 4 is 16.0 Å². The van der Waals surface area contributed by atoms with Gasteiger partial charge in [-0.15, -0.1) is 0 Å². The molecule has 0 saturated heterocycles. The van der Waals surface area contributed by atoms with Gasteiger partial charge in [0.2, 0.25) is 10.0 Å². The highest BCUT2D eigenvalue weighted by molar-refractivity contribution is 7.89. The van der Waals surface area contributed by atoms with Gasteiger partial charge in [0, 0.05) is 13.1 Å². The van der Waals surface area contributed by atoms with E-state index >= 15 is 0 Å². The maximum absolute atomic E-state index is 12.3. The number of hydrogen-bond acceptors (Lipinski definition) is 4. The number of unbranched alkanes of at least 4 members (excludes halogenated alkanes) is 1. The van der Waals surface area contributed by atoms with Crippen LogP contribution in [0.15, 0.2) is 29.2 Å². The molecule has 1 aromatic rings. The first-order valence-electron chi connectivity index (χ1n) is 6.25. The number of carbonyl (C=O) groups excluding carboxylic acids is 1. The largest absolute Gasteiger partial charge is 0.545 e. The fourth-order valence-electron chi connectivity index (χ4n) is 1.69. The Hall–Kier alpha value is -1.40. The number of nitrogens with zero attached hydrogens (tertiary/aromatic N) is 1. The Morgan fingerprint density at radius 3 is 2.21 bits per heavy atom. The number of carbonyl (C=O) groups is 1. The predicted molar refractivity (Wildman–Crippen MR) is 70.1 cm³/mol. The lowest BCUT2D eigenvalue weighted by molar-refractivity contribution is -0.255. The zero-order valence-electron chi connectivity index (χ0n) is 11.1. The highest BCUT2D eigenvalue weighted by Gasteiger charge is 2.22. The maximum Gasteiger partial charge on any atom is 0.243 e. The Balaban J connectivity index is 3.01. The highest BCUT2D eigenvalue weighted by Crippen LogP contribution is 2.16. The van der Waals surface area contributed by atoms with Gasteiger partial charge in [-0.25, -0.2) is 8.42 Å². The second-order valence-corrected chi connectivity index (χ2v) is 6.10. The number of carboxylic acids is 1. The van der Waals surface area contributed by atoms with Gasteiger partial charge in [-0.05, 0) is 24.1 Å². The maximum atomic E-state index is 12.3. The average molecular weight is 284 g/mol. The van der Waals surface area contributed by atoms with Crippen molar-refractivity contribution in [2.24, 2.45) is 0 Å². The van der Waals surface area contributed by atoms with Gasteiger partial charge in [0.25, 0.3) is 0 Å². The van der Waals surface area contributed by atoms with Gasteiger partial charge in [-0.2, -0.15) is 4.31 Å². The molecule has 19 heavy (non-hydrogen) atoms. The molecule has 1 aromatic carbocycles. The molecule has 0 aliphatic rings. The molecular formula is C13H18NO4S-. The van der Waals surface area contributed by atoms with Crippen molar-refractivity contribution in [3.63, 3.8) is 0 Å². The lowest BCUT2D eigenvalue weighted by Crippen LogP contribution is -2.32. The fourth-order valence-corrected chi connectivity index (χ4v) is 3.18. The van der Waals surface area contributed by atoms with Crippen LogP contribution in [0.5, 0.6) is 0 Å². The standard InChI is InChI=1S/C13H19NO4S/c1-3-5-10-14(4-2)19(17,18)12-8-6-11(7-9-12)13(15)16/h6-9H,3-5,10H2,1-2H3,(H,15,16)/p-1. The van der Waals surface area contributed by atoms with Crippen LogP contribution >= 0.6 is 0 Å². The van der Waals surface area contributed by atoms with Crippen LogP contribution in [0.1, 0.15) is 37.0 Å². The third kappa shape index (κ3) is 3.78. The van der Waals surface area contributed by atoms with Crippen molar-refractivity contribution in [2.45, 2.75) is 31.6 Å². The molecule has 6 heteroatoms. The summed E-state index contributed by atoms with van der Waals surface area (Å²) >= 11 is 0. The molecule has 0 aromatic heterocycles. The lowest BCUT2D eigenvalue weighted by atomic mass is 10.2. The van der Waals surface area contributed by atoms with Crippen molar-refractivity contribution in [3.8, 4) is 0 Å². The van der Waals surface area contributed by atoms with Crippen LogP contribution < -0.4 is 5.11 Å². The third-order valence-electron chi connectivity index (χ3n) is 2.84. The quantitative estimate of drug-likeness (QED) is 0.744. The molecule has 0 spiro atoms. The first kappa shape index (κ1) is 15.7. The monoisotopic (exact) mass is 284 g/mol. The molecule has 0 radical (unpaired) electrons.